The number of hydrogen-bond acceptors (Lipinski definition) is 4. The molecule has 0 N–H and O–H groups in total. The molecule has 3 rings (SSSR count). The zero-order chi connectivity index (χ0) is 24.2. The maximum atomic E-state index is 13.0. The first-order valence-electron chi connectivity index (χ1n) is 9.34. The average Bonchev–Trinajstić information content (AvgIpc) is 2.81. The van der Waals surface area contributed by atoms with Gasteiger partial charge < -0.3 is 19.9 Å². The molecule has 0 aliphatic heterocycles. The van der Waals surface area contributed by atoms with E-state index >= 15 is 0 Å². The van der Waals surface area contributed by atoms with Gasteiger partial charge in [-0.1, -0.05) is 12.1 Å². The Morgan fingerprint density at radius 3 is 2.21 bits per heavy atom. The molecule has 0 heterocycles. The number of amidine groups is 1. The Balaban J connectivity index is 0.00000408. The Morgan fingerprint density at radius 1 is 0.971 bits per heavy atom. The molecule has 0 atom stereocenters. The standard InChI is InChI=1S/C23H17F3N2O4S.U/c1-31-17-9-12-20(32-2)19(13-17)22(27)28-14-15-5-3-4-6-21(15)33(29,30)18-10-7-16(8-11-18)23(24,25)26;/h3-13H,1-2H3;/q-2;+2. The Labute approximate surface area is 218 Å². The third kappa shape index (κ3) is 6.09. The number of sulfone groups is 1. The molecule has 0 saturated heterocycles. The SMILES string of the molecule is COc1ccc(OC)c(C(=[N-])N=[C-]c2ccccc2S(=O)(=O)c2ccc(C(F)(F)F)cc2)c1.[U+2]. The van der Waals surface area contributed by atoms with E-state index < -0.39 is 27.4 Å². The van der Waals surface area contributed by atoms with Crippen molar-refractivity contribution in [3.05, 3.63) is 88.8 Å². The fourth-order valence-electron chi connectivity index (χ4n) is 2.91. The Hall–Kier alpha value is -2.61. The molecule has 0 saturated carbocycles. The van der Waals surface area contributed by atoms with Gasteiger partial charge in [0.2, 0.25) is 0 Å². The summed E-state index contributed by atoms with van der Waals surface area (Å²) < 4.78 is 74.8. The van der Waals surface area contributed by atoms with Gasteiger partial charge in [-0.25, -0.2) is 8.42 Å². The summed E-state index contributed by atoms with van der Waals surface area (Å²) in [5, 5.41) is 10.4. The summed E-state index contributed by atoms with van der Waals surface area (Å²) in [5.74, 6) is 0.217. The van der Waals surface area contributed by atoms with E-state index in [-0.39, 0.29) is 52.0 Å². The molecule has 3 aromatic carbocycles. The molecule has 0 spiro atoms. The van der Waals surface area contributed by atoms with Crippen molar-refractivity contribution < 1.29 is 62.2 Å². The monoisotopic (exact) mass is 712 g/mol. The van der Waals surface area contributed by atoms with Gasteiger partial charge in [-0.15, -0.1) is 23.5 Å². The molecule has 0 aliphatic rings. The van der Waals surface area contributed by atoms with Gasteiger partial charge in [0.25, 0.3) is 0 Å². The first-order chi connectivity index (χ1) is 15.6. The predicted octanol–water partition coefficient (Wildman–Crippen LogP) is 4.87. The van der Waals surface area contributed by atoms with E-state index in [4.69, 9.17) is 9.47 Å². The molecule has 11 heteroatoms. The molecular formula is C23H17F3N2O4SU. The summed E-state index contributed by atoms with van der Waals surface area (Å²) in [5.41, 5.74) is -0.771. The van der Waals surface area contributed by atoms with Gasteiger partial charge in [0, 0.05) is 0 Å². The number of ether oxygens (including phenoxy) is 2. The van der Waals surface area contributed by atoms with Gasteiger partial charge in [0.1, 0.15) is 11.5 Å². The number of aliphatic imine (C=N–C) groups is 1. The number of benzene rings is 3. The largest absolute Gasteiger partial charge is 2.00 e. The number of alkyl halides is 3. The molecule has 0 unspecified atom stereocenters. The third-order valence-corrected chi connectivity index (χ3v) is 6.43. The van der Waals surface area contributed by atoms with Gasteiger partial charge in [0.05, 0.1) is 24.7 Å². The summed E-state index contributed by atoms with van der Waals surface area (Å²) >= 11 is 0. The van der Waals surface area contributed by atoms with Crippen LogP contribution in [0.3, 0.4) is 0 Å². The van der Waals surface area contributed by atoms with E-state index in [0.29, 0.717) is 23.6 Å². The van der Waals surface area contributed by atoms with E-state index in [0.717, 1.165) is 12.1 Å². The van der Waals surface area contributed by atoms with E-state index in [2.05, 4.69) is 11.2 Å². The van der Waals surface area contributed by atoms with Crippen LogP contribution in [0.2, 0.25) is 0 Å². The molecule has 0 amide bonds. The van der Waals surface area contributed by atoms with Crippen molar-refractivity contribution in [3.8, 4) is 11.5 Å². The van der Waals surface area contributed by atoms with Crippen LogP contribution in [0.5, 0.6) is 11.5 Å². The van der Waals surface area contributed by atoms with Crippen LogP contribution in [0, 0.1) is 31.1 Å². The van der Waals surface area contributed by atoms with Crippen LogP contribution in [0.1, 0.15) is 16.7 Å². The van der Waals surface area contributed by atoms with Crippen LogP contribution in [-0.2, 0) is 16.0 Å². The quantitative estimate of drug-likeness (QED) is 0.208. The van der Waals surface area contributed by atoms with Gasteiger partial charge in [-0.2, -0.15) is 19.4 Å². The second-order valence-corrected chi connectivity index (χ2v) is 8.55. The minimum absolute atomic E-state index is 0. The Kier molecular flexibility index (Phi) is 9.11. The molecule has 0 fully saturated rings. The molecule has 174 valence electrons. The smallest absolute Gasteiger partial charge is 0.536 e. The topological polar surface area (TPSA) is 87.3 Å². The summed E-state index contributed by atoms with van der Waals surface area (Å²) in [6, 6.07) is 13.5. The molecule has 6 nitrogen and oxygen atoms in total. The van der Waals surface area contributed by atoms with Crippen molar-refractivity contribution in [2.24, 2.45) is 4.99 Å². The molecule has 0 radical (unpaired) electrons. The first kappa shape index (κ1) is 27.6. The van der Waals surface area contributed by atoms with Crippen LogP contribution < -0.4 is 9.47 Å². The molecule has 0 aliphatic carbocycles. The van der Waals surface area contributed by atoms with Crippen LogP contribution in [0.25, 0.3) is 5.41 Å². The van der Waals surface area contributed by atoms with Gasteiger partial charge in [-0.3, -0.25) is 0 Å². The van der Waals surface area contributed by atoms with Gasteiger partial charge >= 0.3 is 37.3 Å². The van der Waals surface area contributed by atoms with Crippen LogP contribution >= 0.6 is 0 Å². The van der Waals surface area contributed by atoms with E-state index in [1.165, 1.54) is 44.6 Å². The summed E-state index contributed by atoms with van der Waals surface area (Å²) in [6.45, 7) is 0. The fourth-order valence-corrected chi connectivity index (χ4v) is 4.31. The molecule has 3 aromatic rings. The maximum Gasteiger partial charge on any atom is 2.00 e. The predicted molar refractivity (Wildman–Crippen MR) is 117 cm³/mol. The minimum atomic E-state index is -4.59. The van der Waals surface area contributed by atoms with E-state index in [1.807, 2.05) is 0 Å². The van der Waals surface area contributed by atoms with E-state index in [1.54, 1.807) is 12.1 Å². The summed E-state index contributed by atoms with van der Waals surface area (Å²) in [7, 11) is -1.35. The van der Waals surface area contributed by atoms with Crippen molar-refractivity contribution in [1.82, 2.24) is 0 Å². The molecule has 0 aromatic heterocycles. The number of halogens is 3. The normalized spacial score (nSPS) is 11.7. The molecular weight excluding hydrogens is 695 g/mol. The van der Waals surface area contributed by atoms with Crippen molar-refractivity contribution in [2.45, 2.75) is 16.0 Å². The van der Waals surface area contributed by atoms with Gasteiger partial charge in [-0.05, 0) is 52.9 Å². The number of methoxy groups -OCH3 is 2. The summed E-state index contributed by atoms with van der Waals surface area (Å²) in [4.78, 5) is 3.27. The van der Waals surface area contributed by atoms with Crippen LogP contribution in [0.15, 0.2) is 81.5 Å². The minimum Gasteiger partial charge on any atom is -0.536 e. The van der Waals surface area contributed by atoms with Crippen molar-refractivity contribution in [1.29, 1.82) is 0 Å². The summed E-state index contributed by atoms with van der Waals surface area (Å²) in [6.07, 6.45) is -2.09. The molecule has 34 heavy (non-hydrogen) atoms. The Bertz CT molecular complexity index is 1310. The number of rotatable bonds is 6. The van der Waals surface area contributed by atoms with Crippen LogP contribution in [-0.4, -0.2) is 34.7 Å². The van der Waals surface area contributed by atoms with Crippen LogP contribution in [0.4, 0.5) is 13.2 Å². The van der Waals surface area contributed by atoms with Crippen molar-refractivity contribution in [3.63, 3.8) is 0 Å². The second kappa shape index (κ2) is 11.2. The number of nitrogens with zero attached hydrogens (tertiary/aromatic N) is 2. The average molecular weight is 712 g/mol. The van der Waals surface area contributed by atoms with Gasteiger partial charge in [0.15, 0.2) is 9.84 Å². The van der Waals surface area contributed by atoms with Crippen molar-refractivity contribution >= 4 is 21.9 Å². The number of hydrogen-bond donors (Lipinski definition) is 0. The zero-order valence-electron chi connectivity index (χ0n) is 17.9. The fraction of sp³-hybridized carbons (Fsp3) is 0.130. The van der Waals surface area contributed by atoms with Crippen molar-refractivity contribution in [2.75, 3.05) is 14.2 Å². The van der Waals surface area contributed by atoms with E-state index in [9.17, 15) is 27.0 Å². The second-order valence-electron chi connectivity index (χ2n) is 6.64. The molecule has 0 bridgehead atoms. The Morgan fingerprint density at radius 2 is 1.62 bits per heavy atom. The zero-order valence-corrected chi connectivity index (χ0v) is 22.9. The first-order valence-corrected chi connectivity index (χ1v) is 10.8. The third-order valence-electron chi connectivity index (χ3n) is 4.60. The maximum absolute atomic E-state index is 13.0.